The minimum absolute atomic E-state index is 0.160. The number of aromatic nitrogens is 3. The van der Waals surface area contributed by atoms with Gasteiger partial charge in [-0.3, -0.25) is 14.5 Å². The van der Waals surface area contributed by atoms with Gasteiger partial charge in [-0.15, -0.1) is 0 Å². The number of carbonyl (C=O) groups is 1. The molecule has 1 amide bonds. The van der Waals surface area contributed by atoms with E-state index in [1.54, 1.807) is 12.3 Å². The first-order valence-corrected chi connectivity index (χ1v) is 7.04. The van der Waals surface area contributed by atoms with Gasteiger partial charge in [-0.2, -0.15) is 5.10 Å². The average Bonchev–Trinajstić information content (AvgIpc) is 2.81. The second kappa shape index (κ2) is 6.99. The third kappa shape index (κ3) is 4.13. The molecule has 6 nitrogen and oxygen atoms in total. The maximum Gasteiger partial charge on any atom is 0.269 e. The number of hydrogen-bond acceptors (Lipinski definition) is 4. The van der Waals surface area contributed by atoms with Crippen LogP contribution >= 0.6 is 0 Å². The molecular weight excluding hydrogens is 266 g/mol. The predicted octanol–water partition coefficient (Wildman–Crippen LogP) is 1.17. The van der Waals surface area contributed by atoms with Crippen molar-refractivity contribution in [1.82, 2.24) is 20.1 Å². The van der Waals surface area contributed by atoms with Crippen molar-refractivity contribution in [1.29, 1.82) is 0 Å². The molecule has 0 radical (unpaired) electrons. The van der Waals surface area contributed by atoms with Crippen LogP contribution in [0.15, 0.2) is 24.4 Å². The van der Waals surface area contributed by atoms with Crippen LogP contribution in [0, 0.1) is 13.8 Å². The van der Waals surface area contributed by atoms with E-state index in [4.69, 9.17) is 5.73 Å². The van der Waals surface area contributed by atoms with E-state index in [-0.39, 0.29) is 5.91 Å². The van der Waals surface area contributed by atoms with Gasteiger partial charge in [0, 0.05) is 31.5 Å². The largest absolute Gasteiger partial charge is 0.351 e. The number of amides is 1. The monoisotopic (exact) mass is 287 g/mol. The maximum absolute atomic E-state index is 11.9. The molecule has 0 unspecified atom stereocenters. The Morgan fingerprint density at radius 3 is 2.76 bits per heavy atom. The Bertz CT molecular complexity index is 603. The second-order valence-electron chi connectivity index (χ2n) is 5.02. The first-order valence-electron chi connectivity index (χ1n) is 7.04. The average molecular weight is 287 g/mol. The smallest absolute Gasteiger partial charge is 0.269 e. The van der Waals surface area contributed by atoms with Gasteiger partial charge < -0.3 is 11.1 Å². The van der Waals surface area contributed by atoms with Crippen LogP contribution in [0.5, 0.6) is 0 Å². The van der Waals surface area contributed by atoms with Gasteiger partial charge in [0.15, 0.2) is 0 Å². The molecule has 2 aromatic heterocycles. The lowest BCUT2D eigenvalue weighted by Gasteiger charge is -2.06. The number of rotatable bonds is 6. The van der Waals surface area contributed by atoms with Crippen molar-refractivity contribution in [2.24, 2.45) is 5.73 Å². The third-order valence-electron chi connectivity index (χ3n) is 3.23. The van der Waals surface area contributed by atoms with Crippen LogP contribution < -0.4 is 11.1 Å². The van der Waals surface area contributed by atoms with E-state index in [0.29, 0.717) is 18.8 Å². The summed E-state index contributed by atoms with van der Waals surface area (Å²) < 4.78 is 1.95. The summed E-state index contributed by atoms with van der Waals surface area (Å²) in [5.41, 5.74) is 8.97. The topological polar surface area (TPSA) is 85.8 Å². The van der Waals surface area contributed by atoms with Crippen LogP contribution in [-0.2, 0) is 13.1 Å². The van der Waals surface area contributed by atoms with Crippen molar-refractivity contribution in [2.75, 3.05) is 6.54 Å². The summed E-state index contributed by atoms with van der Waals surface area (Å²) in [7, 11) is 0. The van der Waals surface area contributed by atoms with Gasteiger partial charge in [0.25, 0.3) is 5.91 Å². The van der Waals surface area contributed by atoms with Gasteiger partial charge in [0.1, 0.15) is 5.69 Å². The third-order valence-corrected chi connectivity index (χ3v) is 3.23. The number of nitrogens with one attached hydrogen (secondary N) is 1. The van der Waals surface area contributed by atoms with E-state index in [1.165, 1.54) is 0 Å². The minimum atomic E-state index is -0.160. The molecule has 2 rings (SSSR count). The van der Waals surface area contributed by atoms with E-state index in [0.717, 1.165) is 29.9 Å². The normalized spacial score (nSPS) is 10.6. The highest BCUT2D eigenvalue weighted by Crippen LogP contribution is 2.03. The van der Waals surface area contributed by atoms with Gasteiger partial charge in [-0.25, -0.2) is 0 Å². The Balaban J connectivity index is 1.77. The van der Waals surface area contributed by atoms with Crippen molar-refractivity contribution in [2.45, 2.75) is 33.4 Å². The fourth-order valence-corrected chi connectivity index (χ4v) is 2.10. The molecule has 112 valence electrons. The summed E-state index contributed by atoms with van der Waals surface area (Å²) in [6, 6.07) is 5.55. The standard InChI is InChI=1S/C15H21N5O/c1-11-8-12(2)20(19-11)7-3-6-17-15(21)14-5-4-13(9-16)10-18-14/h4-5,8,10H,3,6-7,9,16H2,1-2H3,(H,17,21). The lowest BCUT2D eigenvalue weighted by Crippen LogP contribution is -2.26. The minimum Gasteiger partial charge on any atom is -0.351 e. The molecule has 3 N–H and O–H groups in total. The molecular formula is C15H21N5O. The lowest BCUT2D eigenvalue weighted by atomic mass is 10.2. The number of pyridine rings is 1. The zero-order valence-electron chi connectivity index (χ0n) is 12.5. The molecule has 21 heavy (non-hydrogen) atoms. The fourth-order valence-electron chi connectivity index (χ4n) is 2.10. The molecule has 0 bridgehead atoms. The van der Waals surface area contributed by atoms with E-state index >= 15 is 0 Å². The van der Waals surface area contributed by atoms with E-state index in [1.807, 2.05) is 30.7 Å². The molecule has 2 heterocycles. The van der Waals surface area contributed by atoms with E-state index < -0.39 is 0 Å². The molecule has 0 aromatic carbocycles. The highest BCUT2D eigenvalue weighted by molar-refractivity contribution is 5.92. The number of nitrogens with zero attached hydrogens (tertiary/aromatic N) is 3. The first-order chi connectivity index (χ1) is 10.1. The van der Waals surface area contributed by atoms with Crippen molar-refractivity contribution < 1.29 is 4.79 Å². The predicted molar refractivity (Wildman–Crippen MR) is 80.8 cm³/mol. The number of carbonyl (C=O) groups excluding carboxylic acids is 1. The number of nitrogens with two attached hydrogens (primary N) is 1. The maximum atomic E-state index is 11.9. The van der Waals surface area contributed by atoms with E-state index in [2.05, 4.69) is 15.4 Å². The van der Waals surface area contributed by atoms with Crippen molar-refractivity contribution in [3.63, 3.8) is 0 Å². The molecule has 0 aliphatic rings. The van der Waals surface area contributed by atoms with Crippen LogP contribution in [0.4, 0.5) is 0 Å². The lowest BCUT2D eigenvalue weighted by molar-refractivity contribution is 0.0947. The zero-order chi connectivity index (χ0) is 15.2. The number of hydrogen-bond donors (Lipinski definition) is 2. The van der Waals surface area contributed by atoms with Crippen LogP contribution in [0.25, 0.3) is 0 Å². The number of aryl methyl sites for hydroxylation is 3. The van der Waals surface area contributed by atoms with Crippen molar-refractivity contribution in [3.05, 3.63) is 47.0 Å². The summed E-state index contributed by atoms with van der Waals surface area (Å²) in [5.74, 6) is -0.160. The molecule has 0 atom stereocenters. The summed E-state index contributed by atoms with van der Waals surface area (Å²) in [6.45, 7) is 5.82. The zero-order valence-corrected chi connectivity index (χ0v) is 12.5. The quantitative estimate of drug-likeness (QED) is 0.781. The summed E-state index contributed by atoms with van der Waals surface area (Å²) in [6.07, 6.45) is 2.46. The van der Waals surface area contributed by atoms with Gasteiger partial charge in [0.05, 0.1) is 5.69 Å². The van der Waals surface area contributed by atoms with Crippen LogP contribution in [0.3, 0.4) is 0 Å². The summed E-state index contributed by atoms with van der Waals surface area (Å²) in [4.78, 5) is 16.0. The van der Waals surface area contributed by atoms with Gasteiger partial charge in [0.2, 0.25) is 0 Å². The Morgan fingerprint density at radius 1 is 1.38 bits per heavy atom. The Morgan fingerprint density at radius 2 is 2.19 bits per heavy atom. The van der Waals surface area contributed by atoms with Gasteiger partial charge in [-0.05, 0) is 38.0 Å². The molecule has 2 aromatic rings. The van der Waals surface area contributed by atoms with Crippen molar-refractivity contribution >= 4 is 5.91 Å². The highest BCUT2D eigenvalue weighted by atomic mass is 16.1. The first kappa shape index (κ1) is 15.2. The molecule has 0 fully saturated rings. The summed E-state index contributed by atoms with van der Waals surface area (Å²) >= 11 is 0. The fraction of sp³-hybridized carbons (Fsp3) is 0.400. The Labute approximate surface area is 124 Å². The van der Waals surface area contributed by atoms with Crippen molar-refractivity contribution in [3.8, 4) is 0 Å². The SMILES string of the molecule is Cc1cc(C)n(CCCNC(=O)c2ccc(CN)cn2)n1. The second-order valence-corrected chi connectivity index (χ2v) is 5.02. The molecule has 0 aliphatic carbocycles. The van der Waals surface area contributed by atoms with Gasteiger partial charge in [-0.1, -0.05) is 6.07 Å². The summed E-state index contributed by atoms with van der Waals surface area (Å²) in [5, 5.41) is 7.24. The van der Waals surface area contributed by atoms with Crippen LogP contribution in [0.2, 0.25) is 0 Å². The van der Waals surface area contributed by atoms with Crippen LogP contribution in [-0.4, -0.2) is 27.2 Å². The Kier molecular flexibility index (Phi) is 5.05. The van der Waals surface area contributed by atoms with Gasteiger partial charge >= 0.3 is 0 Å². The molecule has 0 saturated carbocycles. The van der Waals surface area contributed by atoms with E-state index in [9.17, 15) is 4.79 Å². The Hall–Kier alpha value is -2.21. The molecule has 0 aliphatic heterocycles. The highest BCUT2D eigenvalue weighted by Gasteiger charge is 2.06. The van der Waals surface area contributed by atoms with Crippen LogP contribution in [0.1, 0.15) is 33.9 Å². The molecule has 6 heteroatoms. The molecule has 0 saturated heterocycles. The molecule has 0 spiro atoms.